The van der Waals surface area contributed by atoms with Crippen molar-refractivity contribution in [2.24, 2.45) is 0 Å². The van der Waals surface area contributed by atoms with Gasteiger partial charge in [-0.2, -0.15) is 0 Å². The molecule has 2 rings (SSSR count). The summed E-state index contributed by atoms with van der Waals surface area (Å²) in [6.07, 6.45) is 1.88. The van der Waals surface area contributed by atoms with E-state index in [9.17, 15) is 9.59 Å². The van der Waals surface area contributed by atoms with Crippen LogP contribution in [-0.4, -0.2) is 33.5 Å². The number of aromatic carboxylic acids is 1. The van der Waals surface area contributed by atoms with Gasteiger partial charge in [0.25, 0.3) is 5.91 Å². The molecule has 0 radical (unpaired) electrons. The third kappa shape index (κ3) is 3.57. The molecule has 1 amide bonds. The Morgan fingerprint density at radius 2 is 1.91 bits per heavy atom. The molecular weight excluding hydrogens is 348 g/mol. The first kappa shape index (κ1) is 16.3. The summed E-state index contributed by atoms with van der Waals surface area (Å²) in [4.78, 5) is 25.0. The Labute approximate surface area is 137 Å². The molecule has 0 fully saturated rings. The molecule has 0 aliphatic heterocycles. The number of hydrogen-bond acceptors (Lipinski definition) is 2. The quantitative estimate of drug-likeness (QED) is 0.885. The number of carboxylic acids is 1. The van der Waals surface area contributed by atoms with Gasteiger partial charge >= 0.3 is 5.97 Å². The molecule has 0 saturated heterocycles. The highest BCUT2D eigenvalue weighted by Crippen LogP contribution is 2.17. The molecule has 1 aromatic carbocycles. The summed E-state index contributed by atoms with van der Waals surface area (Å²) >= 11 is 3.38. The van der Waals surface area contributed by atoms with Gasteiger partial charge in [-0.3, -0.25) is 4.79 Å². The summed E-state index contributed by atoms with van der Waals surface area (Å²) in [5, 5.41) is 8.88. The molecular formula is C16H17BrN2O3. The number of aryl methyl sites for hydroxylation is 1. The van der Waals surface area contributed by atoms with Crippen molar-refractivity contribution in [1.82, 2.24) is 9.47 Å². The van der Waals surface area contributed by atoms with Gasteiger partial charge in [0.1, 0.15) is 5.69 Å². The summed E-state index contributed by atoms with van der Waals surface area (Å²) in [5.41, 5.74) is 1.75. The zero-order valence-corrected chi connectivity index (χ0v) is 14.0. The first-order valence-electron chi connectivity index (χ1n) is 6.85. The highest BCUT2D eigenvalue weighted by Gasteiger charge is 2.17. The number of benzene rings is 1. The molecule has 2 aromatic rings. The van der Waals surface area contributed by atoms with Crippen LogP contribution < -0.4 is 0 Å². The minimum absolute atomic E-state index is 0.0742. The van der Waals surface area contributed by atoms with E-state index in [1.165, 1.54) is 0 Å². The topological polar surface area (TPSA) is 62.5 Å². The number of nitrogens with zero attached hydrogens (tertiary/aromatic N) is 2. The molecule has 0 spiro atoms. The van der Waals surface area contributed by atoms with Gasteiger partial charge < -0.3 is 14.6 Å². The van der Waals surface area contributed by atoms with Crippen LogP contribution >= 0.6 is 15.9 Å². The number of halogens is 1. The van der Waals surface area contributed by atoms with Gasteiger partial charge in [0.2, 0.25) is 0 Å². The monoisotopic (exact) mass is 364 g/mol. The minimum atomic E-state index is -0.957. The van der Waals surface area contributed by atoms with Gasteiger partial charge in [-0.25, -0.2) is 4.79 Å². The largest absolute Gasteiger partial charge is 0.478 e. The van der Waals surface area contributed by atoms with Crippen molar-refractivity contribution in [3.63, 3.8) is 0 Å². The van der Waals surface area contributed by atoms with Crippen LogP contribution in [0, 0.1) is 0 Å². The van der Waals surface area contributed by atoms with E-state index in [4.69, 9.17) is 5.11 Å². The predicted molar refractivity (Wildman–Crippen MR) is 87.0 cm³/mol. The van der Waals surface area contributed by atoms with Gasteiger partial charge in [0.15, 0.2) is 0 Å². The van der Waals surface area contributed by atoms with E-state index in [0.717, 1.165) is 10.0 Å². The summed E-state index contributed by atoms with van der Waals surface area (Å²) in [7, 11) is 1.73. The molecule has 0 saturated carbocycles. The van der Waals surface area contributed by atoms with Crippen LogP contribution in [0.2, 0.25) is 0 Å². The molecule has 116 valence electrons. The smallest absolute Gasteiger partial charge is 0.335 e. The third-order valence-corrected chi connectivity index (χ3v) is 3.82. The summed E-state index contributed by atoms with van der Waals surface area (Å²) in [5.74, 6) is -1.03. The number of hydrogen-bond donors (Lipinski definition) is 1. The zero-order chi connectivity index (χ0) is 16.3. The Balaban J connectivity index is 2.12. The second-order valence-corrected chi connectivity index (χ2v) is 5.91. The minimum Gasteiger partial charge on any atom is -0.478 e. The number of carbonyl (C=O) groups is 2. The molecule has 5 nitrogen and oxygen atoms in total. The van der Waals surface area contributed by atoms with Crippen molar-refractivity contribution < 1.29 is 14.7 Å². The fourth-order valence-electron chi connectivity index (χ4n) is 2.21. The van der Waals surface area contributed by atoms with E-state index < -0.39 is 5.97 Å². The van der Waals surface area contributed by atoms with E-state index >= 15 is 0 Å². The number of aromatic nitrogens is 1. The molecule has 1 aromatic heterocycles. The van der Waals surface area contributed by atoms with Gasteiger partial charge in [0, 0.05) is 30.8 Å². The van der Waals surface area contributed by atoms with E-state index in [1.54, 1.807) is 42.3 Å². The summed E-state index contributed by atoms with van der Waals surface area (Å²) in [6.45, 7) is 3.12. The van der Waals surface area contributed by atoms with Crippen LogP contribution in [0.3, 0.4) is 0 Å². The lowest BCUT2D eigenvalue weighted by atomic mass is 10.1. The van der Waals surface area contributed by atoms with E-state index in [2.05, 4.69) is 15.9 Å². The van der Waals surface area contributed by atoms with Crippen molar-refractivity contribution in [2.45, 2.75) is 20.0 Å². The molecule has 1 heterocycles. The maximum atomic E-state index is 12.5. The maximum absolute atomic E-state index is 12.5. The van der Waals surface area contributed by atoms with E-state index in [1.807, 2.05) is 17.7 Å². The Morgan fingerprint density at radius 1 is 1.27 bits per heavy atom. The highest BCUT2D eigenvalue weighted by molar-refractivity contribution is 9.10. The van der Waals surface area contributed by atoms with Crippen molar-refractivity contribution >= 4 is 27.8 Å². The van der Waals surface area contributed by atoms with Crippen LogP contribution in [0.1, 0.15) is 33.3 Å². The number of rotatable bonds is 5. The fourth-order valence-corrected chi connectivity index (χ4v) is 2.67. The fraction of sp³-hybridized carbons (Fsp3) is 0.250. The van der Waals surface area contributed by atoms with Crippen LogP contribution in [-0.2, 0) is 13.1 Å². The standard InChI is InChI=1S/C16H17BrN2O3/c1-3-19-10-13(17)8-14(19)15(20)18(2)9-11-4-6-12(7-5-11)16(21)22/h4-8,10H,3,9H2,1-2H3,(H,21,22). The molecule has 0 aliphatic carbocycles. The number of carbonyl (C=O) groups excluding carboxylic acids is 1. The third-order valence-electron chi connectivity index (χ3n) is 3.39. The number of amides is 1. The maximum Gasteiger partial charge on any atom is 0.335 e. The second kappa shape index (κ2) is 6.79. The average molecular weight is 365 g/mol. The van der Waals surface area contributed by atoms with Crippen LogP contribution in [0.5, 0.6) is 0 Å². The Hall–Kier alpha value is -2.08. The van der Waals surface area contributed by atoms with E-state index in [-0.39, 0.29) is 11.5 Å². The van der Waals surface area contributed by atoms with Gasteiger partial charge in [0.05, 0.1) is 5.56 Å². The van der Waals surface area contributed by atoms with Crippen LogP contribution in [0.15, 0.2) is 41.0 Å². The Bertz CT molecular complexity index is 692. The van der Waals surface area contributed by atoms with Crippen LogP contribution in [0.4, 0.5) is 0 Å². The molecule has 6 heteroatoms. The Kier molecular flexibility index (Phi) is 5.03. The average Bonchev–Trinajstić information content (AvgIpc) is 2.88. The lowest BCUT2D eigenvalue weighted by molar-refractivity contribution is 0.0695. The lowest BCUT2D eigenvalue weighted by Crippen LogP contribution is -2.28. The molecule has 0 atom stereocenters. The van der Waals surface area contributed by atoms with Crippen molar-refractivity contribution in [2.75, 3.05) is 7.05 Å². The molecule has 22 heavy (non-hydrogen) atoms. The first-order chi connectivity index (χ1) is 10.4. The highest BCUT2D eigenvalue weighted by atomic mass is 79.9. The van der Waals surface area contributed by atoms with Crippen molar-refractivity contribution in [1.29, 1.82) is 0 Å². The molecule has 1 N–H and O–H groups in total. The SMILES string of the molecule is CCn1cc(Br)cc1C(=O)N(C)Cc1ccc(C(=O)O)cc1. The predicted octanol–water partition coefficient (Wildman–Crippen LogP) is 3.24. The molecule has 0 unspecified atom stereocenters. The molecule has 0 aliphatic rings. The van der Waals surface area contributed by atoms with Gasteiger partial charge in [-0.05, 0) is 46.6 Å². The zero-order valence-electron chi connectivity index (χ0n) is 12.4. The first-order valence-corrected chi connectivity index (χ1v) is 7.65. The number of carboxylic acid groups (broad SMARTS) is 1. The van der Waals surface area contributed by atoms with Crippen LogP contribution in [0.25, 0.3) is 0 Å². The van der Waals surface area contributed by atoms with Gasteiger partial charge in [-0.1, -0.05) is 12.1 Å². The summed E-state index contributed by atoms with van der Waals surface area (Å²) in [6, 6.07) is 8.34. The second-order valence-electron chi connectivity index (χ2n) is 4.99. The van der Waals surface area contributed by atoms with Crippen molar-refractivity contribution in [3.8, 4) is 0 Å². The van der Waals surface area contributed by atoms with Gasteiger partial charge in [-0.15, -0.1) is 0 Å². The Morgan fingerprint density at radius 3 is 2.45 bits per heavy atom. The molecule has 0 bridgehead atoms. The van der Waals surface area contributed by atoms with E-state index in [0.29, 0.717) is 18.8 Å². The van der Waals surface area contributed by atoms with Crippen molar-refractivity contribution in [3.05, 3.63) is 57.8 Å². The lowest BCUT2D eigenvalue weighted by Gasteiger charge is -2.18. The summed E-state index contributed by atoms with van der Waals surface area (Å²) < 4.78 is 2.76. The normalized spacial score (nSPS) is 10.5.